The van der Waals surface area contributed by atoms with Gasteiger partial charge in [0, 0.05) is 0 Å². The van der Waals surface area contributed by atoms with Crippen molar-refractivity contribution >= 4 is 0 Å². The Morgan fingerprint density at radius 1 is 1.80 bits per heavy atom. The molecular formula is C3H6O2. The molecule has 0 saturated heterocycles. The molecule has 0 amide bonds. The molecule has 0 aromatic rings. The highest BCUT2D eigenvalue weighted by Gasteiger charge is 1.53. The van der Waals surface area contributed by atoms with Crippen molar-refractivity contribution in [1.29, 1.82) is 0 Å². The Balaban J connectivity index is 2.40. The van der Waals surface area contributed by atoms with Gasteiger partial charge < -0.3 is 4.89 Å². The maximum atomic E-state index is 4.10. The van der Waals surface area contributed by atoms with Gasteiger partial charge in [0.15, 0.2) is 0 Å². The summed E-state index contributed by atoms with van der Waals surface area (Å²) in [4.78, 5) is 8.17. The fraction of sp³-hybridized carbons (Fsp3) is 0.333. The number of hydrogen-bond acceptors (Lipinski definition) is 2. The van der Waals surface area contributed by atoms with Gasteiger partial charge in [0.2, 0.25) is 0 Å². The molecule has 2 heteroatoms. The molecule has 0 spiro atoms. The topological polar surface area (TPSA) is 18.5 Å². The molecule has 0 radical (unpaired) electrons. The van der Waals surface area contributed by atoms with E-state index < -0.39 is 0 Å². The highest BCUT2D eigenvalue weighted by molar-refractivity contribution is 4.41. The molecule has 0 aromatic heterocycles. The lowest BCUT2D eigenvalue weighted by atomic mass is 11.2. The lowest BCUT2D eigenvalue weighted by Crippen LogP contribution is -1.71. The minimum atomic E-state index is 1.21. The monoisotopic (exact) mass is 74.0 g/mol. The molecule has 0 N–H and O–H groups in total. The predicted octanol–water partition coefficient (Wildman–Crippen LogP) is 0.708. The van der Waals surface area contributed by atoms with Crippen LogP contribution in [0, 0.1) is 0 Å². The average molecular weight is 74.1 g/mol. The maximum Gasteiger partial charge on any atom is 0.122 e. The van der Waals surface area contributed by atoms with Gasteiger partial charge in [-0.05, 0) is 0 Å². The Morgan fingerprint density at radius 3 is 2.40 bits per heavy atom. The molecule has 0 aliphatic carbocycles. The maximum absolute atomic E-state index is 4.10. The van der Waals surface area contributed by atoms with Gasteiger partial charge in [-0.25, -0.2) is 0 Å². The molecule has 0 rings (SSSR count). The van der Waals surface area contributed by atoms with Crippen LogP contribution in [0.3, 0.4) is 0 Å². The zero-order valence-electron chi connectivity index (χ0n) is 3.10. The Bertz CT molecular complexity index is 26.1. The lowest BCUT2D eigenvalue weighted by Gasteiger charge is -1.83. The van der Waals surface area contributed by atoms with Gasteiger partial charge in [-0.1, -0.05) is 6.58 Å². The van der Waals surface area contributed by atoms with Crippen molar-refractivity contribution in [3.63, 3.8) is 0 Å². The van der Waals surface area contributed by atoms with E-state index in [0.29, 0.717) is 0 Å². The van der Waals surface area contributed by atoms with E-state index in [-0.39, 0.29) is 0 Å². The van der Waals surface area contributed by atoms with Crippen molar-refractivity contribution in [2.75, 3.05) is 7.11 Å². The van der Waals surface area contributed by atoms with Crippen LogP contribution in [0.15, 0.2) is 12.8 Å². The Morgan fingerprint density at radius 2 is 2.40 bits per heavy atom. The van der Waals surface area contributed by atoms with Crippen LogP contribution in [0.2, 0.25) is 0 Å². The Labute approximate surface area is 30.9 Å². The summed E-state index contributed by atoms with van der Waals surface area (Å²) in [5.74, 6) is 0. The fourth-order valence-electron chi connectivity index (χ4n) is 0.0680. The lowest BCUT2D eigenvalue weighted by molar-refractivity contribution is -0.222. The van der Waals surface area contributed by atoms with Crippen LogP contribution in [-0.2, 0) is 9.78 Å². The minimum Gasteiger partial charge on any atom is -0.346 e. The van der Waals surface area contributed by atoms with Crippen LogP contribution in [0.1, 0.15) is 0 Å². The molecule has 0 unspecified atom stereocenters. The summed E-state index contributed by atoms with van der Waals surface area (Å²) >= 11 is 0. The van der Waals surface area contributed by atoms with Crippen LogP contribution < -0.4 is 0 Å². The van der Waals surface area contributed by atoms with Crippen molar-refractivity contribution in [2.45, 2.75) is 0 Å². The molecule has 5 heavy (non-hydrogen) atoms. The molecule has 0 aromatic carbocycles. The minimum absolute atomic E-state index is 1.21. The molecule has 0 saturated carbocycles. The van der Waals surface area contributed by atoms with E-state index in [9.17, 15) is 0 Å². The molecule has 0 aliphatic rings. The summed E-state index contributed by atoms with van der Waals surface area (Å²) in [5, 5.41) is 0. The highest BCUT2D eigenvalue weighted by Crippen LogP contribution is 1.65. The second-order valence-electron chi connectivity index (χ2n) is 0.430. The van der Waals surface area contributed by atoms with Gasteiger partial charge in [-0.15, -0.1) is 0 Å². The molecule has 30 valence electrons. The number of hydrogen-bond donors (Lipinski definition) is 0. The summed E-state index contributed by atoms with van der Waals surface area (Å²) in [6, 6.07) is 0. The third-order valence-corrected chi connectivity index (χ3v) is 0.164. The predicted molar refractivity (Wildman–Crippen MR) is 18.3 cm³/mol. The van der Waals surface area contributed by atoms with Gasteiger partial charge in [0.1, 0.15) is 6.26 Å². The fourth-order valence-corrected chi connectivity index (χ4v) is 0.0680. The second kappa shape index (κ2) is 3.50. The van der Waals surface area contributed by atoms with Crippen LogP contribution in [-0.4, -0.2) is 7.11 Å². The van der Waals surface area contributed by atoms with E-state index in [2.05, 4.69) is 16.4 Å². The average Bonchev–Trinajstić information content (AvgIpc) is 1.41. The largest absolute Gasteiger partial charge is 0.346 e. The third kappa shape index (κ3) is 3.50. The molecule has 0 fully saturated rings. The summed E-state index contributed by atoms with van der Waals surface area (Å²) in [6.45, 7) is 3.20. The first-order valence-electron chi connectivity index (χ1n) is 1.22. The van der Waals surface area contributed by atoms with Crippen LogP contribution in [0.5, 0.6) is 0 Å². The first kappa shape index (κ1) is 4.50. The summed E-state index contributed by atoms with van der Waals surface area (Å²) in [7, 11) is 1.42. The van der Waals surface area contributed by atoms with Crippen LogP contribution in [0.4, 0.5) is 0 Å². The van der Waals surface area contributed by atoms with Gasteiger partial charge >= 0.3 is 0 Å². The van der Waals surface area contributed by atoms with Crippen LogP contribution in [0.25, 0.3) is 0 Å². The normalized spacial score (nSPS) is 6.60. The van der Waals surface area contributed by atoms with Gasteiger partial charge in [-0.3, -0.25) is 0 Å². The third-order valence-electron chi connectivity index (χ3n) is 0.164. The van der Waals surface area contributed by atoms with E-state index in [0.717, 1.165) is 0 Å². The molecule has 0 bridgehead atoms. The molecular weight excluding hydrogens is 68.0 g/mol. The van der Waals surface area contributed by atoms with E-state index >= 15 is 0 Å². The van der Waals surface area contributed by atoms with Crippen molar-refractivity contribution in [3.8, 4) is 0 Å². The summed E-state index contributed by atoms with van der Waals surface area (Å²) in [5.41, 5.74) is 0. The second-order valence-corrected chi connectivity index (χ2v) is 0.430. The van der Waals surface area contributed by atoms with E-state index in [4.69, 9.17) is 0 Å². The molecule has 0 aliphatic heterocycles. The van der Waals surface area contributed by atoms with E-state index in [1.54, 1.807) is 0 Å². The molecule has 2 nitrogen and oxygen atoms in total. The first-order valence-corrected chi connectivity index (χ1v) is 1.22. The molecule has 0 atom stereocenters. The standard InChI is InChI=1S/C3H6O2/c1-3-5-4-2/h3H,1H2,2H3. The van der Waals surface area contributed by atoms with Crippen LogP contribution >= 0.6 is 0 Å². The van der Waals surface area contributed by atoms with Crippen molar-refractivity contribution < 1.29 is 9.78 Å². The van der Waals surface area contributed by atoms with Crippen molar-refractivity contribution in [2.24, 2.45) is 0 Å². The Kier molecular flexibility index (Phi) is 3.15. The van der Waals surface area contributed by atoms with Gasteiger partial charge in [0.25, 0.3) is 0 Å². The SMILES string of the molecule is C=COOC. The van der Waals surface area contributed by atoms with E-state index in [1.807, 2.05) is 0 Å². The highest BCUT2D eigenvalue weighted by atomic mass is 17.2. The summed E-state index contributed by atoms with van der Waals surface area (Å²) in [6.07, 6.45) is 1.21. The molecule has 0 heterocycles. The first-order chi connectivity index (χ1) is 2.41. The Hall–Kier alpha value is -0.500. The van der Waals surface area contributed by atoms with Crippen molar-refractivity contribution in [1.82, 2.24) is 0 Å². The summed E-state index contributed by atoms with van der Waals surface area (Å²) < 4.78 is 0. The van der Waals surface area contributed by atoms with Crippen molar-refractivity contribution in [3.05, 3.63) is 12.8 Å². The van der Waals surface area contributed by atoms with Gasteiger partial charge in [-0.2, -0.15) is 4.89 Å². The zero-order valence-corrected chi connectivity index (χ0v) is 3.10. The smallest absolute Gasteiger partial charge is 0.122 e. The number of rotatable bonds is 2. The van der Waals surface area contributed by atoms with Gasteiger partial charge in [0.05, 0.1) is 7.11 Å². The quantitative estimate of drug-likeness (QED) is 0.273. The zero-order chi connectivity index (χ0) is 4.12. The van der Waals surface area contributed by atoms with E-state index in [1.165, 1.54) is 13.4 Å².